The Kier molecular flexibility index (Phi) is 4.56. The smallest absolute Gasteiger partial charge is 0.0803 e. The van der Waals surface area contributed by atoms with Crippen molar-refractivity contribution in [2.45, 2.75) is 18.7 Å². The van der Waals surface area contributed by atoms with E-state index in [0.717, 1.165) is 38.1 Å². The van der Waals surface area contributed by atoms with Crippen LogP contribution in [0.15, 0.2) is 44.8 Å². The van der Waals surface area contributed by atoms with Gasteiger partial charge >= 0.3 is 0 Å². The van der Waals surface area contributed by atoms with Crippen molar-refractivity contribution in [3.63, 3.8) is 0 Å². The van der Waals surface area contributed by atoms with Gasteiger partial charge in [0.2, 0.25) is 0 Å². The summed E-state index contributed by atoms with van der Waals surface area (Å²) >= 11 is 1.62. The number of rotatable bonds is 2. The Balaban J connectivity index is 2.09. The fourth-order valence-corrected chi connectivity index (χ4v) is 4.12. The number of thioether (sulfide) groups is 1. The first-order chi connectivity index (χ1) is 12.5. The maximum absolute atomic E-state index is 5.49. The lowest BCUT2D eigenvalue weighted by Gasteiger charge is -2.28. The predicted molar refractivity (Wildman–Crippen MR) is 109 cm³/mol. The summed E-state index contributed by atoms with van der Waals surface area (Å²) in [5.74, 6) is 0.0989. The minimum atomic E-state index is 0.0989. The molecule has 26 heavy (non-hydrogen) atoms. The number of benzene rings is 1. The molecule has 0 fully saturated rings. The lowest BCUT2D eigenvalue weighted by atomic mass is 9.97. The molecule has 0 saturated carbocycles. The molecule has 1 heterocycles. The molecule has 1 atom stereocenters. The standard InChI is InChI=1S/C22H15N3S/c1-7-24(8-2)17-11-15(5)21-19(13-17)26-20-14-18(25(9-3)10-4)12-16(6)22(20)23-21/h1-4,11-15H,5-6H3. The van der Waals surface area contributed by atoms with E-state index in [1.165, 1.54) is 9.80 Å². The summed E-state index contributed by atoms with van der Waals surface area (Å²) in [6, 6.07) is 13.8. The van der Waals surface area contributed by atoms with Gasteiger partial charge in [0.15, 0.2) is 0 Å². The van der Waals surface area contributed by atoms with Gasteiger partial charge in [-0.05, 0) is 36.8 Å². The first-order valence-corrected chi connectivity index (χ1v) is 8.64. The first-order valence-electron chi connectivity index (χ1n) is 7.82. The van der Waals surface area contributed by atoms with Gasteiger partial charge in [0.25, 0.3) is 0 Å². The summed E-state index contributed by atoms with van der Waals surface area (Å²) in [7, 11) is 0. The van der Waals surface area contributed by atoms with Gasteiger partial charge in [-0.1, -0.05) is 44.4 Å². The fourth-order valence-electron chi connectivity index (χ4n) is 2.88. The number of terminal acetylenes is 4. The number of nitrogens with zero attached hydrogens (tertiary/aromatic N) is 3. The van der Waals surface area contributed by atoms with Gasteiger partial charge < -0.3 is 0 Å². The molecule has 0 bridgehead atoms. The molecule has 0 saturated heterocycles. The van der Waals surface area contributed by atoms with E-state index in [-0.39, 0.29) is 5.92 Å². The van der Waals surface area contributed by atoms with Gasteiger partial charge in [0.05, 0.1) is 22.8 Å². The van der Waals surface area contributed by atoms with E-state index in [1.807, 2.05) is 31.2 Å². The molecular weight excluding hydrogens is 338 g/mol. The molecule has 4 heteroatoms. The highest BCUT2D eigenvalue weighted by atomic mass is 32.2. The van der Waals surface area contributed by atoms with Crippen molar-refractivity contribution in [2.75, 3.05) is 4.90 Å². The lowest BCUT2D eigenvalue weighted by molar-refractivity contribution is 0.710. The zero-order valence-electron chi connectivity index (χ0n) is 14.4. The summed E-state index contributed by atoms with van der Waals surface area (Å²) in [4.78, 5) is 9.73. The largest absolute Gasteiger partial charge is 0.250 e. The Morgan fingerprint density at radius 3 is 2.31 bits per heavy atom. The zero-order chi connectivity index (χ0) is 18.8. The van der Waals surface area contributed by atoms with Crippen LogP contribution < -0.4 is 4.90 Å². The normalized spacial score (nSPS) is 16.8. The maximum atomic E-state index is 5.49. The SMILES string of the molecule is C#CN(C#C)C1=CC(C)C2=Nc3c(C)cc(N(C#C)C#C)cc3SC2=C1. The second-order valence-corrected chi connectivity index (χ2v) is 6.87. The fraction of sp³-hybridized carbons (Fsp3) is 0.136. The van der Waals surface area contributed by atoms with Crippen LogP contribution >= 0.6 is 11.8 Å². The average Bonchev–Trinajstić information content (AvgIpc) is 2.63. The number of aliphatic imine (C=N–C) groups is 1. The number of hydrogen-bond acceptors (Lipinski definition) is 4. The number of aryl methyl sites for hydroxylation is 1. The molecular formula is C22H15N3S. The van der Waals surface area contributed by atoms with Crippen molar-refractivity contribution in [1.82, 2.24) is 4.90 Å². The van der Waals surface area contributed by atoms with E-state index >= 15 is 0 Å². The third kappa shape index (κ3) is 2.85. The van der Waals surface area contributed by atoms with E-state index in [9.17, 15) is 0 Å². The summed E-state index contributed by atoms with van der Waals surface area (Å²) < 4.78 is 0. The van der Waals surface area contributed by atoms with Gasteiger partial charge in [0, 0.05) is 39.9 Å². The van der Waals surface area contributed by atoms with Gasteiger partial charge in [-0.15, -0.1) is 0 Å². The van der Waals surface area contributed by atoms with Gasteiger partial charge in [-0.3, -0.25) is 4.99 Å². The average molecular weight is 353 g/mol. The van der Waals surface area contributed by atoms with Crippen molar-refractivity contribution in [2.24, 2.45) is 10.9 Å². The van der Waals surface area contributed by atoms with Crippen LogP contribution in [0.1, 0.15) is 12.5 Å². The Hall–Kier alpha value is -3.44. The minimum absolute atomic E-state index is 0.0989. The van der Waals surface area contributed by atoms with Crippen molar-refractivity contribution in [3.8, 4) is 49.9 Å². The zero-order valence-corrected chi connectivity index (χ0v) is 15.3. The molecule has 1 unspecified atom stereocenters. The molecule has 1 aliphatic heterocycles. The maximum Gasteiger partial charge on any atom is 0.0803 e. The Morgan fingerprint density at radius 2 is 1.69 bits per heavy atom. The van der Waals surface area contributed by atoms with Crippen LogP contribution in [0.5, 0.6) is 0 Å². The van der Waals surface area contributed by atoms with Crippen molar-refractivity contribution in [1.29, 1.82) is 0 Å². The second kappa shape index (κ2) is 6.82. The lowest BCUT2D eigenvalue weighted by Crippen LogP contribution is -2.21. The van der Waals surface area contributed by atoms with Crippen LogP contribution in [0.2, 0.25) is 0 Å². The number of fused-ring (bicyclic) bond motifs is 2. The molecule has 2 aliphatic rings. The van der Waals surface area contributed by atoms with Gasteiger partial charge in [-0.2, -0.15) is 0 Å². The third-order valence-electron chi connectivity index (χ3n) is 4.12. The number of hydrogen-bond donors (Lipinski definition) is 0. The number of anilines is 1. The van der Waals surface area contributed by atoms with Crippen molar-refractivity contribution >= 4 is 28.8 Å². The predicted octanol–water partition coefficient (Wildman–Crippen LogP) is 4.06. The third-order valence-corrected chi connectivity index (χ3v) is 5.20. The molecule has 1 aromatic carbocycles. The van der Waals surface area contributed by atoms with Gasteiger partial charge in [-0.25, -0.2) is 9.80 Å². The Morgan fingerprint density at radius 1 is 1.04 bits per heavy atom. The minimum Gasteiger partial charge on any atom is -0.250 e. The molecule has 3 nitrogen and oxygen atoms in total. The van der Waals surface area contributed by atoms with Gasteiger partial charge in [0.1, 0.15) is 0 Å². The summed E-state index contributed by atoms with van der Waals surface area (Å²) in [6.45, 7) is 4.07. The van der Waals surface area contributed by atoms with E-state index in [1.54, 1.807) is 11.8 Å². The Labute approximate surface area is 158 Å². The topological polar surface area (TPSA) is 18.8 Å². The van der Waals surface area contributed by atoms with E-state index < -0.39 is 0 Å². The monoisotopic (exact) mass is 353 g/mol. The first kappa shape index (κ1) is 17.4. The van der Waals surface area contributed by atoms with Crippen LogP contribution in [0.4, 0.5) is 11.4 Å². The molecule has 0 spiro atoms. The molecule has 0 radical (unpaired) electrons. The summed E-state index contributed by atoms with van der Waals surface area (Å²) in [6.07, 6.45) is 25.9. The van der Waals surface area contributed by atoms with Crippen LogP contribution in [-0.2, 0) is 0 Å². The van der Waals surface area contributed by atoms with Crippen LogP contribution in [-0.4, -0.2) is 10.6 Å². The van der Waals surface area contributed by atoms with E-state index in [2.05, 4.69) is 31.1 Å². The highest BCUT2D eigenvalue weighted by Crippen LogP contribution is 2.47. The second-order valence-electron chi connectivity index (χ2n) is 5.78. The van der Waals surface area contributed by atoms with Crippen molar-refractivity contribution < 1.29 is 0 Å². The van der Waals surface area contributed by atoms with Crippen molar-refractivity contribution in [3.05, 3.63) is 40.5 Å². The van der Waals surface area contributed by atoms with Crippen LogP contribution in [0.3, 0.4) is 0 Å². The Bertz CT molecular complexity index is 1020. The number of allylic oxidation sites excluding steroid dienone is 3. The molecule has 3 rings (SSSR count). The van der Waals surface area contributed by atoms with E-state index in [4.69, 9.17) is 30.7 Å². The van der Waals surface area contributed by atoms with E-state index in [0.29, 0.717) is 0 Å². The molecule has 1 aliphatic carbocycles. The molecule has 0 N–H and O–H groups in total. The highest BCUT2D eigenvalue weighted by Gasteiger charge is 2.27. The molecule has 0 aromatic heterocycles. The molecule has 0 amide bonds. The quantitative estimate of drug-likeness (QED) is 0.590. The molecule has 124 valence electrons. The summed E-state index contributed by atoms with van der Waals surface area (Å²) in [5, 5.41) is 0. The highest BCUT2D eigenvalue weighted by molar-refractivity contribution is 8.04. The summed E-state index contributed by atoms with van der Waals surface area (Å²) in [5.41, 5.74) is 4.53. The molecule has 1 aromatic rings. The van der Waals surface area contributed by atoms with Crippen LogP contribution in [0.25, 0.3) is 0 Å². The van der Waals surface area contributed by atoms with Crippen LogP contribution in [0, 0.1) is 62.7 Å².